The number of nitrogens with one attached hydrogen (secondary N) is 1. The zero-order chi connectivity index (χ0) is 13.9. The van der Waals surface area contributed by atoms with Crippen LogP contribution in [0.1, 0.15) is 53.9 Å². The van der Waals surface area contributed by atoms with Crippen molar-refractivity contribution in [1.82, 2.24) is 5.32 Å². The summed E-state index contributed by atoms with van der Waals surface area (Å²) in [5, 5.41) is 3.20. The van der Waals surface area contributed by atoms with Gasteiger partial charge < -0.3 is 11.1 Å². The van der Waals surface area contributed by atoms with Crippen LogP contribution >= 0.6 is 0 Å². The lowest BCUT2D eigenvalue weighted by Crippen LogP contribution is -2.52. The van der Waals surface area contributed by atoms with Gasteiger partial charge in [-0.3, -0.25) is 4.79 Å². The van der Waals surface area contributed by atoms with Crippen LogP contribution in [-0.4, -0.2) is 18.0 Å². The van der Waals surface area contributed by atoms with E-state index in [-0.39, 0.29) is 17.9 Å². The molecule has 0 spiro atoms. The van der Waals surface area contributed by atoms with Crippen molar-refractivity contribution < 1.29 is 4.79 Å². The highest BCUT2D eigenvalue weighted by atomic mass is 16.2. The van der Waals surface area contributed by atoms with E-state index < -0.39 is 0 Å². The quantitative estimate of drug-likeness (QED) is 0.810. The SMILES string of the molecule is CC1CCC(C(C)C)C(NC(=O)[C@H](N)C(C)C)C1. The standard InChI is InChI=1S/C15H30N2O/c1-9(2)12-7-6-11(5)8-13(12)17-15(18)14(16)10(3)4/h9-14H,6-8,16H2,1-5H3,(H,17,18)/t11?,12?,13?,14-/m1/s1. The molecule has 0 heterocycles. The molecule has 0 aromatic heterocycles. The summed E-state index contributed by atoms with van der Waals surface area (Å²) in [5.74, 6) is 2.15. The molecule has 3 heteroatoms. The summed E-state index contributed by atoms with van der Waals surface area (Å²) in [6, 6.07) is -0.0684. The van der Waals surface area contributed by atoms with Crippen LogP contribution in [0.2, 0.25) is 0 Å². The number of nitrogens with two attached hydrogens (primary N) is 1. The van der Waals surface area contributed by atoms with Crippen LogP contribution in [0.25, 0.3) is 0 Å². The summed E-state index contributed by atoms with van der Waals surface area (Å²) in [4.78, 5) is 12.1. The molecule has 1 rings (SSSR count). The minimum Gasteiger partial charge on any atom is -0.352 e. The lowest BCUT2D eigenvalue weighted by atomic mass is 9.74. The summed E-state index contributed by atoms with van der Waals surface area (Å²) in [6.45, 7) is 10.8. The normalized spacial score (nSPS) is 30.6. The lowest BCUT2D eigenvalue weighted by Gasteiger charge is -2.38. The first kappa shape index (κ1) is 15.5. The van der Waals surface area contributed by atoms with E-state index in [9.17, 15) is 4.79 Å². The van der Waals surface area contributed by atoms with E-state index in [4.69, 9.17) is 5.73 Å². The molecule has 3 unspecified atom stereocenters. The van der Waals surface area contributed by atoms with Crippen molar-refractivity contribution in [2.75, 3.05) is 0 Å². The summed E-state index contributed by atoms with van der Waals surface area (Å²) >= 11 is 0. The highest BCUT2D eigenvalue weighted by molar-refractivity contribution is 5.82. The van der Waals surface area contributed by atoms with Crippen LogP contribution < -0.4 is 11.1 Å². The molecule has 0 aliphatic heterocycles. The predicted molar refractivity (Wildman–Crippen MR) is 76.1 cm³/mol. The second-order valence-electron chi connectivity index (χ2n) is 6.71. The molecule has 3 N–H and O–H groups in total. The monoisotopic (exact) mass is 254 g/mol. The molecule has 1 amide bonds. The molecule has 1 aliphatic carbocycles. The molecular formula is C15H30N2O. The number of carbonyl (C=O) groups is 1. The van der Waals surface area contributed by atoms with Gasteiger partial charge in [-0.05, 0) is 36.5 Å². The molecule has 0 radical (unpaired) electrons. The Morgan fingerprint density at radius 1 is 1.22 bits per heavy atom. The highest BCUT2D eigenvalue weighted by Gasteiger charge is 2.32. The Balaban J connectivity index is 2.63. The van der Waals surface area contributed by atoms with Gasteiger partial charge in [0.15, 0.2) is 0 Å². The molecule has 1 saturated carbocycles. The van der Waals surface area contributed by atoms with Gasteiger partial charge in [-0.15, -0.1) is 0 Å². The Bertz CT molecular complexity index is 276. The van der Waals surface area contributed by atoms with Gasteiger partial charge in [-0.25, -0.2) is 0 Å². The molecule has 0 aromatic rings. The van der Waals surface area contributed by atoms with E-state index in [1.165, 1.54) is 12.8 Å². The fourth-order valence-corrected chi connectivity index (χ4v) is 2.95. The van der Waals surface area contributed by atoms with Gasteiger partial charge in [0, 0.05) is 6.04 Å². The summed E-state index contributed by atoms with van der Waals surface area (Å²) in [7, 11) is 0. The maximum atomic E-state index is 12.1. The topological polar surface area (TPSA) is 55.1 Å². The maximum Gasteiger partial charge on any atom is 0.237 e. The Labute approximate surface area is 112 Å². The van der Waals surface area contributed by atoms with Crippen molar-refractivity contribution in [3.8, 4) is 0 Å². The van der Waals surface area contributed by atoms with Crippen LogP contribution in [0.15, 0.2) is 0 Å². The number of hydrogen-bond donors (Lipinski definition) is 2. The first-order chi connectivity index (χ1) is 8.32. The van der Waals surface area contributed by atoms with Gasteiger partial charge in [0.2, 0.25) is 5.91 Å². The van der Waals surface area contributed by atoms with Crippen LogP contribution in [0.3, 0.4) is 0 Å². The average Bonchev–Trinajstić information content (AvgIpc) is 2.27. The molecule has 3 nitrogen and oxygen atoms in total. The molecule has 18 heavy (non-hydrogen) atoms. The van der Waals surface area contributed by atoms with Gasteiger partial charge in [-0.1, -0.05) is 41.0 Å². The molecule has 106 valence electrons. The van der Waals surface area contributed by atoms with Crippen molar-refractivity contribution in [3.05, 3.63) is 0 Å². The molecular weight excluding hydrogens is 224 g/mol. The third-order valence-corrected chi connectivity index (χ3v) is 4.37. The van der Waals surface area contributed by atoms with Gasteiger partial charge >= 0.3 is 0 Å². The molecule has 0 saturated heterocycles. The predicted octanol–water partition coefficient (Wildman–Crippen LogP) is 2.55. The largest absolute Gasteiger partial charge is 0.352 e. The molecule has 1 aliphatic rings. The minimum absolute atomic E-state index is 0.0229. The van der Waals surface area contributed by atoms with Gasteiger partial charge in [0.05, 0.1) is 6.04 Å². The average molecular weight is 254 g/mol. The van der Waals surface area contributed by atoms with Crippen LogP contribution in [0, 0.1) is 23.7 Å². The van der Waals surface area contributed by atoms with Crippen molar-refractivity contribution in [1.29, 1.82) is 0 Å². The van der Waals surface area contributed by atoms with E-state index in [1.807, 2.05) is 13.8 Å². The lowest BCUT2D eigenvalue weighted by molar-refractivity contribution is -0.124. The van der Waals surface area contributed by atoms with Gasteiger partial charge in [0.1, 0.15) is 0 Å². The van der Waals surface area contributed by atoms with Crippen LogP contribution in [0.4, 0.5) is 0 Å². The maximum absolute atomic E-state index is 12.1. The van der Waals surface area contributed by atoms with Gasteiger partial charge in [-0.2, -0.15) is 0 Å². The Hall–Kier alpha value is -0.570. The van der Waals surface area contributed by atoms with E-state index in [0.717, 1.165) is 6.42 Å². The molecule has 4 atom stereocenters. The summed E-state index contributed by atoms with van der Waals surface area (Å²) in [5.41, 5.74) is 5.92. The van der Waals surface area contributed by atoms with Crippen molar-refractivity contribution in [2.45, 2.75) is 66.0 Å². The zero-order valence-electron chi connectivity index (χ0n) is 12.6. The van der Waals surface area contributed by atoms with Crippen LogP contribution in [0.5, 0.6) is 0 Å². The molecule has 0 aromatic carbocycles. The first-order valence-corrected chi connectivity index (χ1v) is 7.38. The third-order valence-electron chi connectivity index (χ3n) is 4.37. The van der Waals surface area contributed by atoms with E-state index >= 15 is 0 Å². The van der Waals surface area contributed by atoms with E-state index in [2.05, 4.69) is 26.1 Å². The van der Waals surface area contributed by atoms with Crippen LogP contribution in [-0.2, 0) is 4.79 Å². The number of hydrogen-bond acceptors (Lipinski definition) is 2. The van der Waals surface area contributed by atoms with Gasteiger partial charge in [0.25, 0.3) is 0 Å². The Morgan fingerprint density at radius 2 is 1.83 bits per heavy atom. The molecule has 0 bridgehead atoms. The summed E-state index contributed by atoms with van der Waals surface area (Å²) < 4.78 is 0. The molecule has 1 fully saturated rings. The second-order valence-corrected chi connectivity index (χ2v) is 6.71. The number of amides is 1. The zero-order valence-corrected chi connectivity index (χ0v) is 12.6. The number of rotatable bonds is 4. The van der Waals surface area contributed by atoms with Crippen molar-refractivity contribution in [3.63, 3.8) is 0 Å². The van der Waals surface area contributed by atoms with Crippen molar-refractivity contribution in [2.24, 2.45) is 29.4 Å². The Morgan fingerprint density at radius 3 is 2.33 bits per heavy atom. The highest BCUT2D eigenvalue weighted by Crippen LogP contribution is 2.33. The van der Waals surface area contributed by atoms with E-state index in [1.54, 1.807) is 0 Å². The smallest absolute Gasteiger partial charge is 0.237 e. The second kappa shape index (κ2) is 6.55. The fraction of sp³-hybridized carbons (Fsp3) is 0.933. The Kier molecular flexibility index (Phi) is 5.64. The minimum atomic E-state index is -0.380. The van der Waals surface area contributed by atoms with E-state index in [0.29, 0.717) is 23.8 Å². The first-order valence-electron chi connectivity index (χ1n) is 7.38. The van der Waals surface area contributed by atoms with Crippen molar-refractivity contribution >= 4 is 5.91 Å². The number of carbonyl (C=O) groups excluding carboxylic acids is 1. The third kappa shape index (κ3) is 3.98. The summed E-state index contributed by atoms with van der Waals surface area (Å²) in [6.07, 6.45) is 3.60. The fourth-order valence-electron chi connectivity index (χ4n) is 2.95.